The van der Waals surface area contributed by atoms with Gasteiger partial charge in [0.2, 0.25) is 5.91 Å². The number of hydrogen-bond acceptors (Lipinski definition) is 18. The number of aliphatic hydroxyl groups excluding tert-OH is 11. The Labute approximate surface area is 499 Å². The minimum absolute atomic E-state index is 0.249. The first-order valence-electron chi connectivity index (χ1n) is 33.4. The average molecular weight is 1190 g/mol. The maximum absolute atomic E-state index is 13.4. The maximum atomic E-state index is 13.4. The van der Waals surface area contributed by atoms with Gasteiger partial charge < -0.3 is 89.9 Å². The van der Waals surface area contributed by atoms with E-state index in [9.17, 15) is 61.0 Å². The van der Waals surface area contributed by atoms with Gasteiger partial charge in [-0.3, -0.25) is 4.79 Å². The molecule has 1 amide bonds. The van der Waals surface area contributed by atoms with Crippen molar-refractivity contribution in [3.05, 3.63) is 12.2 Å². The fourth-order valence-corrected chi connectivity index (χ4v) is 11.6. The number of allylic oxidation sites excluding steroid dienone is 1. The van der Waals surface area contributed by atoms with Crippen LogP contribution in [0.25, 0.3) is 0 Å². The molecule has 3 aliphatic heterocycles. The largest absolute Gasteiger partial charge is 0.394 e. The zero-order valence-electron chi connectivity index (χ0n) is 51.4. The molecule has 0 radical (unpaired) electrons. The number of aliphatic hydroxyl groups is 11. The molecule has 17 atom stereocenters. The Morgan fingerprint density at radius 1 is 0.422 bits per heavy atom. The molecule has 0 saturated carbocycles. The van der Waals surface area contributed by atoms with Crippen molar-refractivity contribution in [1.82, 2.24) is 5.32 Å². The van der Waals surface area contributed by atoms with Crippen LogP contribution in [0.15, 0.2) is 12.2 Å². The SMILES string of the molecule is CCCCCCCCCCCCCCCCCCCCCC/C=C/C(O)C(COC1OC(CO)C(OC2OC(CO)C(OC3OC(CO)C(O)C(O)C3O)C(O)C2O)C(O)C1O)NC(=O)CCCCCCCCCCCCCCCCCC. The van der Waals surface area contributed by atoms with Crippen LogP contribution < -0.4 is 5.32 Å². The fourth-order valence-electron chi connectivity index (χ4n) is 11.6. The third-order valence-electron chi connectivity index (χ3n) is 17.1. The lowest BCUT2D eigenvalue weighted by molar-refractivity contribution is -0.379. The molecule has 19 nitrogen and oxygen atoms in total. The van der Waals surface area contributed by atoms with Gasteiger partial charge in [-0.05, 0) is 19.3 Å². The van der Waals surface area contributed by atoms with Gasteiger partial charge in [0.25, 0.3) is 0 Å². The molecule has 17 unspecified atom stereocenters. The molecule has 0 aromatic rings. The van der Waals surface area contributed by atoms with Crippen LogP contribution in [-0.2, 0) is 33.2 Å². The standard InChI is InChI=1S/C64H121NO18/c1-3-5-7-9-11-13-15-17-19-21-22-23-24-25-26-27-29-31-33-35-37-39-41-48(69)47(65-52(70)42-40-38-36-34-32-30-28-20-18-16-14-12-10-8-6-4-2)46-78-62-58(76)55(73)60(50(44-67)80-62)83-64-59(77)56(74)61(51(45-68)81-64)82-63-57(75)54(72)53(71)49(43-66)79-63/h39,41,47-51,53-64,66-69,71-77H,3-38,40,42-46H2,1-2H3,(H,65,70)/b41-39+. The van der Waals surface area contributed by atoms with Crippen LogP contribution in [0.5, 0.6) is 0 Å². The Bertz CT molecular complexity index is 1560. The van der Waals surface area contributed by atoms with Gasteiger partial charge in [-0.15, -0.1) is 0 Å². The summed E-state index contributed by atoms with van der Waals surface area (Å²) in [6, 6.07) is -0.968. The number of nitrogens with one attached hydrogen (secondary N) is 1. The van der Waals surface area contributed by atoms with Crippen molar-refractivity contribution in [2.45, 2.75) is 362 Å². The topological polar surface area (TPSA) is 307 Å². The molecular formula is C64H121NO18. The van der Waals surface area contributed by atoms with E-state index in [2.05, 4.69) is 19.2 Å². The van der Waals surface area contributed by atoms with Gasteiger partial charge in [-0.25, -0.2) is 0 Å². The Morgan fingerprint density at radius 3 is 1.13 bits per heavy atom. The van der Waals surface area contributed by atoms with E-state index >= 15 is 0 Å². The zero-order valence-corrected chi connectivity index (χ0v) is 51.4. The number of hydrogen-bond donors (Lipinski definition) is 12. The summed E-state index contributed by atoms with van der Waals surface area (Å²) in [6.07, 6.45) is 23.3. The van der Waals surface area contributed by atoms with Crippen molar-refractivity contribution in [2.24, 2.45) is 0 Å². The van der Waals surface area contributed by atoms with E-state index < -0.39 is 124 Å². The van der Waals surface area contributed by atoms with Gasteiger partial charge >= 0.3 is 0 Å². The van der Waals surface area contributed by atoms with Crippen LogP contribution in [0.2, 0.25) is 0 Å². The van der Waals surface area contributed by atoms with E-state index in [0.717, 1.165) is 44.9 Å². The molecule has 3 rings (SSSR count). The highest BCUT2D eigenvalue weighted by Gasteiger charge is 2.53. The zero-order chi connectivity index (χ0) is 60.5. The lowest BCUT2D eigenvalue weighted by Gasteiger charge is -2.48. The summed E-state index contributed by atoms with van der Waals surface area (Å²) in [6.45, 7) is 1.76. The number of amides is 1. The Kier molecular flexibility index (Phi) is 43.4. The van der Waals surface area contributed by atoms with Gasteiger partial charge in [0, 0.05) is 6.42 Å². The molecule has 0 aliphatic carbocycles. The third-order valence-corrected chi connectivity index (χ3v) is 17.1. The summed E-state index contributed by atoms with van der Waals surface area (Å²) >= 11 is 0. The van der Waals surface area contributed by atoms with Crippen molar-refractivity contribution in [3.8, 4) is 0 Å². The predicted octanol–water partition coefficient (Wildman–Crippen LogP) is 7.72. The number of carbonyl (C=O) groups is 1. The minimum Gasteiger partial charge on any atom is -0.394 e. The van der Waals surface area contributed by atoms with Crippen LogP contribution in [0.1, 0.15) is 258 Å². The second kappa shape index (κ2) is 47.5. The van der Waals surface area contributed by atoms with Gasteiger partial charge in [0.05, 0.1) is 38.6 Å². The first-order valence-corrected chi connectivity index (χ1v) is 33.4. The molecule has 0 aromatic carbocycles. The Balaban J connectivity index is 1.46. The van der Waals surface area contributed by atoms with Gasteiger partial charge in [0.15, 0.2) is 18.9 Å². The van der Waals surface area contributed by atoms with E-state index in [4.69, 9.17) is 28.4 Å². The van der Waals surface area contributed by atoms with Crippen LogP contribution in [-0.4, -0.2) is 193 Å². The van der Waals surface area contributed by atoms with E-state index in [1.165, 1.54) is 186 Å². The van der Waals surface area contributed by atoms with E-state index in [0.29, 0.717) is 6.42 Å². The predicted molar refractivity (Wildman–Crippen MR) is 319 cm³/mol. The summed E-state index contributed by atoms with van der Waals surface area (Å²) in [5.41, 5.74) is 0. The van der Waals surface area contributed by atoms with E-state index in [1.807, 2.05) is 6.08 Å². The molecule has 0 bridgehead atoms. The van der Waals surface area contributed by atoms with Crippen LogP contribution in [0, 0.1) is 0 Å². The maximum Gasteiger partial charge on any atom is 0.220 e. The Morgan fingerprint density at radius 2 is 0.747 bits per heavy atom. The van der Waals surface area contributed by atoms with Crippen molar-refractivity contribution >= 4 is 5.91 Å². The molecule has 19 heteroatoms. The van der Waals surface area contributed by atoms with E-state index in [1.54, 1.807) is 6.08 Å². The molecule has 3 fully saturated rings. The van der Waals surface area contributed by atoms with Crippen molar-refractivity contribution in [1.29, 1.82) is 0 Å². The lowest BCUT2D eigenvalue weighted by Crippen LogP contribution is -2.66. The second-order valence-corrected chi connectivity index (χ2v) is 24.3. The van der Waals surface area contributed by atoms with Crippen molar-refractivity contribution in [3.63, 3.8) is 0 Å². The van der Waals surface area contributed by atoms with Crippen molar-refractivity contribution < 1.29 is 89.4 Å². The second-order valence-electron chi connectivity index (χ2n) is 24.3. The lowest BCUT2D eigenvalue weighted by atomic mass is 9.96. The molecular weight excluding hydrogens is 1070 g/mol. The van der Waals surface area contributed by atoms with Crippen LogP contribution in [0.4, 0.5) is 0 Å². The van der Waals surface area contributed by atoms with Gasteiger partial charge in [-0.1, -0.05) is 244 Å². The normalized spacial score (nSPS) is 29.4. The van der Waals surface area contributed by atoms with Crippen LogP contribution in [0.3, 0.4) is 0 Å². The summed E-state index contributed by atoms with van der Waals surface area (Å²) in [4.78, 5) is 13.4. The third kappa shape index (κ3) is 30.5. The molecule has 3 heterocycles. The highest BCUT2D eigenvalue weighted by Crippen LogP contribution is 2.33. The molecule has 490 valence electrons. The number of carbonyl (C=O) groups excluding carboxylic acids is 1. The quantitative estimate of drug-likeness (QED) is 0.0205. The summed E-state index contributed by atoms with van der Waals surface area (Å²) < 4.78 is 34.3. The summed E-state index contributed by atoms with van der Waals surface area (Å²) in [5, 5.41) is 120. The first-order chi connectivity index (χ1) is 40.3. The molecule has 3 saturated heterocycles. The average Bonchev–Trinajstić information content (AvgIpc) is 3.25. The van der Waals surface area contributed by atoms with Crippen LogP contribution >= 0.6 is 0 Å². The number of ether oxygens (including phenoxy) is 6. The summed E-state index contributed by atoms with van der Waals surface area (Å²) in [7, 11) is 0. The number of unbranched alkanes of at least 4 members (excludes halogenated alkanes) is 35. The molecule has 0 aromatic heterocycles. The highest BCUT2D eigenvalue weighted by molar-refractivity contribution is 5.76. The first kappa shape index (κ1) is 75.8. The Hall–Kier alpha value is -1.47. The molecule has 83 heavy (non-hydrogen) atoms. The monoisotopic (exact) mass is 1190 g/mol. The molecule has 12 N–H and O–H groups in total. The highest BCUT2D eigenvalue weighted by atomic mass is 16.8. The number of rotatable bonds is 51. The van der Waals surface area contributed by atoms with Gasteiger partial charge in [-0.2, -0.15) is 0 Å². The van der Waals surface area contributed by atoms with Crippen molar-refractivity contribution in [2.75, 3.05) is 26.4 Å². The molecule has 0 spiro atoms. The minimum atomic E-state index is -1.97. The summed E-state index contributed by atoms with van der Waals surface area (Å²) in [5.74, 6) is -0.271. The van der Waals surface area contributed by atoms with Gasteiger partial charge in [0.1, 0.15) is 73.2 Å². The molecule has 3 aliphatic rings. The fraction of sp³-hybridized carbons (Fsp3) is 0.953. The smallest absolute Gasteiger partial charge is 0.220 e. The van der Waals surface area contributed by atoms with E-state index in [-0.39, 0.29) is 18.9 Å².